The Balaban J connectivity index is 4.00. The monoisotopic (exact) mass is 204 g/mol. The predicted octanol–water partition coefficient (Wildman–Crippen LogP) is 3.02. The van der Waals surface area contributed by atoms with E-state index in [0.717, 1.165) is 30.8 Å². The molecule has 13 heavy (non-hydrogen) atoms. The molecule has 1 atom stereocenters. The van der Waals surface area contributed by atoms with Crippen LogP contribution in [0.25, 0.3) is 0 Å². The minimum absolute atomic E-state index is 0.503. The van der Waals surface area contributed by atoms with Crippen molar-refractivity contribution in [1.29, 1.82) is 0 Å². The molecule has 0 amide bonds. The first-order valence-electron chi connectivity index (χ1n) is 4.88. The van der Waals surface area contributed by atoms with Crippen molar-refractivity contribution in [2.75, 3.05) is 11.5 Å². The highest BCUT2D eigenvalue weighted by Crippen LogP contribution is 2.29. The second kappa shape index (κ2) is 6.30. The third-order valence-corrected chi connectivity index (χ3v) is 3.22. The largest absolute Gasteiger partial charge is 0.481 e. The number of carboxylic acid groups (broad SMARTS) is 1. The van der Waals surface area contributed by atoms with Crippen LogP contribution in [-0.4, -0.2) is 22.6 Å². The van der Waals surface area contributed by atoms with Crippen LogP contribution in [0.3, 0.4) is 0 Å². The van der Waals surface area contributed by atoms with E-state index >= 15 is 0 Å². The zero-order chi connectivity index (χ0) is 10.3. The fourth-order valence-electron chi connectivity index (χ4n) is 1.33. The Kier molecular flexibility index (Phi) is 6.21. The molecule has 0 saturated carbocycles. The van der Waals surface area contributed by atoms with Gasteiger partial charge in [-0.3, -0.25) is 4.79 Å². The fourth-order valence-corrected chi connectivity index (χ4v) is 2.22. The molecule has 3 heteroatoms. The normalized spacial score (nSPS) is 15.3. The van der Waals surface area contributed by atoms with Gasteiger partial charge < -0.3 is 5.11 Å². The molecule has 0 rings (SSSR count). The van der Waals surface area contributed by atoms with Crippen LogP contribution in [0, 0.1) is 5.41 Å². The van der Waals surface area contributed by atoms with E-state index in [4.69, 9.17) is 5.11 Å². The van der Waals surface area contributed by atoms with Crippen LogP contribution in [0.4, 0.5) is 0 Å². The van der Waals surface area contributed by atoms with Gasteiger partial charge in [0, 0.05) is 0 Å². The second-order valence-electron chi connectivity index (χ2n) is 3.56. The van der Waals surface area contributed by atoms with E-state index in [1.807, 2.05) is 25.6 Å². The summed E-state index contributed by atoms with van der Waals surface area (Å²) in [5, 5.41) is 9.05. The number of carbonyl (C=O) groups is 1. The summed E-state index contributed by atoms with van der Waals surface area (Å²) in [7, 11) is 0. The van der Waals surface area contributed by atoms with Gasteiger partial charge >= 0.3 is 5.97 Å². The van der Waals surface area contributed by atoms with Crippen molar-refractivity contribution in [3.05, 3.63) is 0 Å². The van der Waals surface area contributed by atoms with E-state index in [-0.39, 0.29) is 0 Å². The summed E-state index contributed by atoms with van der Waals surface area (Å²) >= 11 is 1.81. The third kappa shape index (κ3) is 4.55. The van der Waals surface area contributed by atoms with E-state index in [1.54, 1.807) is 0 Å². The van der Waals surface area contributed by atoms with Crippen molar-refractivity contribution in [3.8, 4) is 0 Å². The average Bonchev–Trinajstić information content (AvgIpc) is 2.05. The zero-order valence-electron chi connectivity index (χ0n) is 8.80. The first-order valence-corrected chi connectivity index (χ1v) is 6.03. The molecule has 1 N–H and O–H groups in total. The smallest absolute Gasteiger partial charge is 0.309 e. The number of hydrogen-bond acceptors (Lipinski definition) is 2. The van der Waals surface area contributed by atoms with Crippen LogP contribution in [0.2, 0.25) is 0 Å². The number of aliphatic carboxylic acids is 1. The molecule has 0 heterocycles. The molecule has 0 bridgehead atoms. The molecule has 0 saturated heterocycles. The van der Waals surface area contributed by atoms with Gasteiger partial charge in [0.05, 0.1) is 5.41 Å². The SMILES string of the molecule is CCCC(C)(CCSCC)C(=O)O. The Bertz CT molecular complexity index is 159. The van der Waals surface area contributed by atoms with Crippen molar-refractivity contribution in [3.63, 3.8) is 0 Å². The van der Waals surface area contributed by atoms with Crippen LogP contribution < -0.4 is 0 Å². The zero-order valence-corrected chi connectivity index (χ0v) is 9.62. The van der Waals surface area contributed by atoms with E-state index in [9.17, 15) is 4.79 Å². The summed E-state index contributed by atoms with van der Waals surface area (Å²) in [6.07, 6.45) is 2.51. The maximum absolute atomic E-state index is 11.0. The van der Waals surface area contributed by atoms with E-state index in [1.165, 1.54) is 0 Å². The standard InChI is InChI=1S/C10H20O2S/c1-4-6-10(3,9(11)12)7-8-13-5-2/h4-8H2,1-3H3,(H,11,12). The molecule has 0 aromatic rings. The highest BCUT2D eigenvalue weighted by atomic mass is 32.2. The Hall–Kier alpha value is -0.180. The van der Waals surface area contributed by atoms with Gasteiger partial charge in [0.15, 0.2) is 0 Å². The topological polar surface area (TPSA) is 37.3 Å². The molecule has 0 spiro atoms. The Labute approximate surface area is 85.1 Å². The minimum Gasteiger partial charge on any atom is -0.481 e. The van der Waals surface area contributed by atoms with Gasteiger partial charge in [0.1, 0.15) is 0 Å². The summed E-state index contributed by atoms with van der Waals surface area (Å²) in [6.45, 7) is 5.99. The molecule has 0 aliphatic rings. The van der Waals surface area contributed by atoms with Crippen molar-refractivity contribution in [2.45, 2.75) is 40.0 Å². The lowest BCUT2D eigenvalue weighted by atomic mass is 9.83. The van der Waals surface area contributed by atoms with Gasteiger partial charge in [0.2, 0.25) is 0 Å². The molecule has 0 aliphatic heterocycles. The number of carboxylic acids is 1. The molecule has 1 unspecified atom stereocenters. The lowest BCUT2D eigenvalue weighted by molar-refractivity contribution is -0.148. The first-order chi connectivity index (χ1) is 6.06. The van der Waals surface area contributed by atoms with Crippen LogP contribution in [0.5, 0.6) is 0 Å². The molecular formula is C10H20O2S. The number of rotatable bonds is 7. The van der Waals surface area contributed by atoms with Gasteiger partial charge in [-0.2, -0.15) is 11.8 Å². The minimum atomic E-state index is -0.647. The molecule has 0 aromatic heterocycles. The number of thioether (sulfide) groups is 1. The highest BCUT2D eigenvalue weighted by Gasteiger charge is 2.31. The van der Waals surface area contributed by atoms with Crippen LogP contribution in [0.15, 0.2) is 0 Å². The summed E-state index contributed by atoms with van der Waals surface area (Å²) < 4.78 is 0. The quantitative estimate of drug-likeness (QED) is 0.648. The van der Waals surface area contributed by atoms with Crippen molar-refractivity contribution in [2.24, 2.45) is 5.41 Å². The Morgan fingerprint density at radius 2 is 2.00 bits per heavy atom. The summed E-state index contributed by atoms with van der Waals surface area (Å²) in [4.78, 5) is 11.0. The summed E-state index contributed by atoms with van der Waals surface area (Å²) in [5.74, 6) is 1.38. The van der Waals surface area contributed by atoms with Crippen LogP contribution in [-0.2, 0) is 4.79 Å². The molecule has 0 aromatic carbocycles. The van der Waals surface area contributed by atoms with Gasteiger partial charge in [-0.1, -0.05) is 20.3 Å². The van der Waals surface area contributed by atoms with E-state index in [0.29, 0.717) is 0 Å². The van der Waals surface area contributed by atoms with Crippen molar-refractivity contribution in [1.82, 2.24) is 0 Å². The second-order valence-corrected chi connectivity index (χ2v) is 4.96. The highest BCUT2D eigenvalue weighted by molar-refractivity contribution is 7.99. The van der Waals surface area contributed by atoms with Crippen LogP contribution >= 0.6 is 11.8 Å². The number of hydrogen-bond donors (Lipinski definition) is 1. The molecule has 0 radical (unpaired) electrons. The average molecular weight is 204 g/mol. The fraction of sp³-hybridized carbons (Fsp3) is 0.900. The first kappa shape index (κ1) is 12.8. The maximum Gasteiger partial charge on any atom is 0.309 e. The summed E-state index contributed by atoms with van der Waals surface area (Å²) in [5.41, 5.74) is -0.503. The summed E-state index contributed by atoms with van der Waals surface area (Å²) in [6, 6.07) is 0. The Morgan fingerprint density at radius 3 is 2.38 bits per heavy atom. The molecule has 2 nitrogen and oxygen atoms in total. The van der Waals surface area contributed by atoms with Gasteiger partial charge in [-0.05, 0) is 31.3 Å². The lowest BCUT2D eigenvalue weighted by Crippen LogP contribution is -2.28. The molecule has 0 aliphatic carbocycles. The van der Waals surface area contributed by atoms with Crippen molar-refractivity contribution >= 4 is 17.7 Å². The van der Waals surface area contributed by atoms with Gasteiger partial charge in [0.25, 0.3) is 0 Å². The predicted molar refractivity (Wildman–Crippen MR) is 58.3 cm³/mol. The molecular weight excluding hydrogens is 184 g/mol. The Morgan fingerprint density at radius 1 is 1.38 bits per heavy atom. The van der Waals surface area contributed by atoms with Crippen LogP contribution in [0.1, 0.15) is 40.0 Å². The lowest BCUT2D eigenvalue weighted by Gasteiger charge is -2.23. The third-order valence-electron chi connectivity index (χ3n) is 2.32. The van der Waals surface area contributed by atoms with Gasteiger partial charge in [-0.25, -0.2) is 0 Å². The van der Waals surface area contributed by atoms with E-state index < -0.39 is 11.4 Å². The maximum atomic E-state index is 11.0. The molecule has 78 valence electrons. The van der Waals surface area contributed by atoms with Crippen molar-refractivity contribution < 1.29 is 9.90 Å². The molecule has 0 fully saturated rings. The van der Waals surface area contributed by atoms with Gasteiger partial charge in [-0.15, -0.1) is 0 Å². The van der Waals surface area contributed by atoms with E-state index in [2.05, 4.69) is 6.92 Å².